The average molecular weight is 264 g/mol. The first-order valence-electron chi connectivity index (χ1n) is 5.23. The molecule has 102 valence electrons. The Balaban J connectivity index is 2.90. The van der Waals surface area contributed by atoms with Crippen molar-refractivity contribution < 1.29 is 22.6 Å². The molecule has 0 aliphatic rings. The summed E-state index contributed by atoms with van der Waals surface area (Å²) in [7, 11) is 1.53. The quantitative estimate of drug-likeness (QED) is 0.775. The van der Waals surface area contributed by atoms with Crippen LogP contribution in [0.2, 0.25) is 0 Å². The molecule has 0 saturated heterocycles. The highest BCUT2D eigenvalue weighted by Crippen LogP contribution is 2.29. The molecule has 18 heavy (non-hydrogen) atoms. The second kappa shape index (κ2) is 6.34. The van der Waals surface area contributed by atoms with Crippen LogP contribution in [0.4, 0.5) is 24.5 Å². The van der Waals surface area contributed by atoms with Crippen molar-refractivity contribution in [3.8, 4) is 5.75 Å². The van der Waals surface area contributed by atoms with Crippen LogP contribution in [0.3, 0.4) is 0 Å². The number of nitrogen functional groups attached to an aromatic ring is 1. The van der Waals surface area contributed by atoms with Crippen LogP contribution >= 0.6 is 0 Å². The maximum atomic E-state index is 13.3. The van der Waals surface area contributed by atoms with Crippen molar-refractivity contribution in [3.63, 3.8) is 0 Å². The van der Waals surface area contributed by atoms with E-state index in [0.717, 1.165) is 12.1 Å². The molecule has 3 N–H and O–H groups in total. The van der Waals surface area contributed by atoms with Gasteiger partial charge in [0, 0.05) is 25.3 Å². The lowest BCUT2D eigenvalue weighted by Crippen LogP contribution is -2.21. The molecule has 7 heteroatoms. The Morgan fingerprint density at radius 3 is 2.61 bits per heavy atom. The lowest BCUT2D eigenvalue weighted by Gasteiger charge is -2.17. The summed E-state index contributed by atoms with van der Waals surface area (Å²) < 4.78 is 46.3. The average Bonchev–Trinajstić information content (AvgIpc) is 2.24. The van der Waals surface area contributed by atoms with Gasteiger partial charge >= 0.3 is 6.61 Å². The lowest BCUT2D eigenvalue weighted by molar-refractivity contribution is -0.0521. The Bertz CT molecular complexity index is 402. The summed E-state index contributed by atoms with van der Waals surface area (Å²) in [5.41, 5.74) is 6.00. The van der Waals surface area contributed by atoms with Gasteiger partial charge in [-0.05, 0) is 6.92 Å². The molecule has 0 aliphatic heterocycles. The molecule has 0 fully saturated rings. The minimum absolute atomic E-state index is 0.108. The molecule has 1 unspecified atom stereocenters. The van der Waals surface area contributed by atoms with Crippen LogP contribution in [0.25, 0.3) is 0 Å². The van der Waals surface area contributed by atoms with E-state index < -0.39 is 18.2 Å². The molecule has 0 aromatic heterocycles. The van der Waals surface area contributed by atoms with Crippen molar-refractivity contribution in [2.75, 3.05) is 24.8 Å². The van der Waals surface area contributed by atoms with E-state index in [1.54, 1.807) is 6.92 Å². The number of hydrogen-bond donors (Lipinski definition) is 2. The second-order valence-electron chi connectivity index (χ2n) is 3.75. The fourth-order valence-corrected chi connectivity index (χ4v) is 1.44. The van der Waals surface area contributed by atoms with Gasteiger partial charge in [0.1, 0.15) is 0 Å². The molecule has 1 aromatic rings. The number of ether oxygens (including phenoxy) is 2. The van der Waals surface area contributed by atoms with Crippen LogP contribution in [0.15, 0.2) is 12.1 Å². The van der Waals surface area contributed by atoms with Gasteiger partial charge in [0.25, 0.3) is 0 Å². The maximum absolute atomic E-state index is 13.3. The van der Waals surface area contributed by atoms with Gasteiger partial charge in [-0.3, -0.25) is 0 Å². The summed E-state index contributed by atoms with van der Waals surface area (Å²) in [5.74, 6) is -1.48. The first-order valence-corrected chi connectivity index (χ1v) is 5.23. The molecule has 1 rings (SSSR count). The van der Waals surface area contributed by atoms with Crippen molar-refractivity contribution in [1.29, 1.82) is 0 Å². The van der Waals surface area contributed by atoms with Gasteiger partial charge in [0.2, 0.25) is 0 Å². The van der Waals surface area contributed by atoms with E-state index in [2.05, 4.69) is 10.1 Å². The summed E-state index contributed by atoms with van der Waals surface area (Å²) >= 11 is 0. The number of nitrogens with one attached hydrogen (secondary N) is 1. The summed E-state index contributed by atoms with van der Waals surface area (Å²) in [6.07, 6.45) is 0. The largest absolute Gasteiger partial charge is 0.432 e. The third-order valence-electron chi connectivity index (χ3n) is 2.14. The standard InChI is InChI=1S/C11H15F3N2O2/c1-6(5-17-2)16-9-4-10(18-11(13)14)7(12)3-8(9)15/h3-4,6,11,16H,5,15H2,1-2H3. The predicted molar refractivity (Wildman–Crippen MR) is 62.4 cm³/mol. The maximum Gasteiger partial charge on any atom is 0.387 e. The predicted octanol–water partition coefficient (Wildman–Crippen LogP) is 2.46. The third-order valence-corrected chi connectivity index (χ3v) is 2.14. The lowest BCUT2D eigenvalue weighted by atomic mass is 10.2. The molecule has 0 heterocycles. The molecule has 0 spiro atoms. The van der Waals surface area contributed by atoms with Gasteiger partial charge in [-0.25, -0.2) is 4.39 Å². The molecular weight excluding hydrogens is 249 g/mol. The van der Waals surface area contributed by atoms with Gasteiger partial charge in [-0.15, -0.1) is 0 Å². The summed E-state index contributed by atoms with van der Waals surface area (Å²) in [5, 5.41) is 2.91. The summed E-state index contributed by atoms with van der Waals surface area (Å²) in [6, 6.07) is 1.92. The van der Waals surface area contributed by atoms with Crippen molar-refractivity contribution in [2.24, 2.45) is 0 Å². The molecule has 0 bridgehead atoms. The smallest absolute Gasteiger partial charge is 0.387 e. The number of alkyl halides is 2. The van der Waals surface area contributed by atoms with E-state index in [1.165, 1.54) is 7.11 Å². The van der Waals surface area contributed by atoms with Gasteiger partial charge in [0.05, 0.1) is 18.0 Å². The molecule has 1 aromatic carbocycles. The molecule has 0 saturated carbocycles. The fourth-order valence-electron chi connectivity index (χ4n) is 1.44. The number of rotatable bonds is 6. The highest BCUT2D eigenvalue weighted by Gasteiger charge is 2.14. The molecule has 0 amide bonds. The topological polar surface area (TPSA) is 56.5 Å². The van der Waals surface area contributed by atoms with Crippen molar-refractivity contribution in [2.45, 2.75) is 19.6 Å². The Labute approximate surface area is 103 Å². The van der Waals surface area contributed by atoms with Crippen molar-refractivity contribution in [1.82, 2.24) is 0 Å². The van der Waals surface area contributed by atoms with E-state index in [0.29, 0.717) is 12.3 Å². The number of benzene rings is 1. The van der Waals surface area contributed by atoms with Crippen molar-refractivity contribution >= 4 is 11.4 Å². The first-order chi connectivity index (χ1) is 8.43. The van der Waals surface area contributed by atoms with Gasteiger partial charge < -0.3 is 20.5 Å². The van der Waals surface area contributed by atoms with E-state index >= 15 is 0 Å². The van der Waals surface area contributed by atoms with E-state index in [9.17, 15) is 13.2 Å². The summed E-state index contributed by atoms with van der Waals surface area (Å²) in [6.45, 7) is -0.894. The molecule has 0 aliphatic carbocycles. The van der Waals surface area contributed by atoms with Crippen LogP contribution in [-0.4, -0.2) is 26.4 Å². The van der Waals surface area contributed by atoms with E-state index in [1.807, 2.05) is 0 Å². The minimum Gasteiger partial charge on any atom is -0.432 e. The van der Waals surface area contributed by atoms with Crippen LogP contribution in [0, 0.1) is 5.82 Å². The van der Waals surface area contributed by atoms with Crippen LogP contribution in [0.5, 0.6) is 5.75 Å². The zero-order valence-corrected chi connectivity index (χ0v) is 10.0. The number of nitrogens with two attached hydrogens (primary N) is 1. The van der Waals surface area contributed by atoms with E-state index in [4.69, 9.17) is 10.5 Å². The highest BCUT2D eigenvalue weighted by molar-refractivity contribution is 5.68. The Morgan fingerprint density at radius 1 is 1.39 bits per heavy atom. The van der Waals surface area contributed by atoms with Gasteiger partial charge in [-0.1, -0.05) is 0 Å². The molecule has 1 atom stereocenters. The Kier molecular flexibility index (Phi) is 5.08. The molecular formula is C11H15F3N2O2. The Hall–Kier alpha value is -1.63. The second-order valence-corrected chi connectivity index (χ2v) is 3.75. The third kappa shape index (κ3) is 3.99. The Morgan fingerprint density at radius 2 is 2.06 bits per heavy atom. The zero-order valence-electron chi connectivity index (χ0n) is 10.0. The molecule has 0 radical (unpaired) electrons. The fraction of sp³-hybridized carbons (Fsp3) is 0.455. The number of methoxy groups -OCH3 is 1. The van der Waals surface area contributed by atoms with E-state index in [-0.39, 0.29) is 11.7 Å². The van der Waals surface area contributed by atoms with Crippen LogP contribution in [0.1, 0.15) is 6.92 Å². The molecule has 4 nitrogen and oxygen atoms in total. The SMILES string of the molecule is COCC(C)Nc1cc(OC(F)F)c(F)cc1N. The normalized spacial score (nSPS) is 12.6. The van der Waals surface area contributed by atoms with Gasteiger partial charge in [0.15, 0.2) is 11.6 Å². The first kappa shape index (κ1) is 14.4. The highest BCUT2D eigenvalue weighted by atomic mass is 19.3. The van der Waals surface area contributed by atoms with Crippen molar-refractivity contribution in [3.05, 3.63) is 17.9 Å². The minimum atomic E-state index is -3.09. The number of anilines is 2. The van der Waals surface area contributed by atoms with Crippen LogP contribution < -0.4 is 15.8 Å². The number of hydrogen-bond acceptors (Lipinski definition) is 4. The zero-order chi connectivity index (χ0) is 13.7. The monoisotopic (exact) mass is 264 g/mol. The summed E-state index contributed by atoms with van der Waals surface area (Å²) in [4.78, 5) is 0. The van der Waals surface area contributed by atoms with Crippen LogP contribution in [-0.2, 0) is 4.74 Å². The number of halogens is 3. The van der Waals surface area contributed by atoms with Gasteiger partial charge in [-0.2, -0.15) is 8.78 Å².